The molecule has 5 heteroatoms. The molecule has 0 saturated carbocycles. The first-order valence-corrected chi connectivity index (χ1v) is 5.51. The van der Waals surface area contributed by atoms with Gasteiger partial charge in [-0.15, -0.1) is 0 Å². The van der Waals surface area contributed by atoms with E-state index in [4.69, 9.17) is 5.26 Å². The second-order valence-electron chi connectivity index (χ2n) is 4.79. The average molecular weight is 243 g/mol. The van der Waals surface area contributed by atoms with E-state index in [1.54, 1.807) is 39.1 Å². The quantitative estimate of drug-likeness (QED) is 0.702. The lowest BCUT2D eigenvalue weighted by Gasteiger charge is -2.24. The highest BCUT2D eigenvalue weighted by molar-refractivity contribution is 6.19. The van der Waals surface area contributed by atoms with Crippen molar-refractivity contribution in [3.8, 4) is 6.07 Å². The van der Waals surface area contributed by atoms with Crippen LogP contribution in [0.3, 0.4) is 0 Å². The SMILES string of the molecule is CN1C(=O)C(C)(C)C(=O)Nc2ccc(C#N)cc21. The first kappa shape index (κ1) is 12.1. The molecule has 1 aromatic rings. The maximum Gasteiger partial charge on any atom is 0.241 e. The molecule has 2 amide bonds. The second-order valence-corrected chi connectivity index (χ2v) is 4.79. The van der Waals surface area contributed by atoms with Crippen molar-refractivity contribution in [2.45, 2.75) is 13.8 Å². The highest BCUT2D eigenvalue weighted by atomic mass is 16.2. The number of rotatable bonds is 0. The zero-order chi connectivity index (χ0) is 13.5. The second kappa shape index (κ2) is 3.84. The molecular weight excluding hydrogens is 230 g/mol. The maximum atomic E-state index is 12.2. The minimum atomic E-state index is -1.12. The van der Waals surface area contributed by atoms with Crippen LogP contribution >= 0.6 is 0 Å². The number of nitrogens with zero attached hydrogens (tertiary/aromatic N) is 2. The highest BCUT2D eigenvalue weighted by Gasteiger charge is 2.41. The Balaban J connectivity index is 2.62. The molecule has 2 rings (SSSR count). The summed E-state index contributed by atoms with van der Waals surface area (Å²) >= 11 is 0. The van der Waals surface area contributed by atoms with Crippen molar-refractivity contribution in [2.24, 2.45) is 5.41 Å². The lowest BCUT2D eigenvalue weighted by Crippen LogP contribution is -2.43. The largest absolute Gasteiger partial charge is 0.323 e. The van der Waals surface area contributed by atoms with E-state index >= 15 is 0 Å². The van der Waals surface area contributed by atoms with E-state index in [1.807, 2.05) is 6.07 Å². The normalized spacial score (nSPS) is 17.6. The van der Waals surface area contributed by atoms with E-state index in [0.717, 1.165) is 0 Å². The summed E-state index contributed by atoms with van der Waals surface area (Å²) in [5, 5.41) is 11.6. The number of anilines is 2. The Hall–Kier alpha value is -2.35. The third kappa shape index (κ3) is 1.63. The van der Waals surface area contributed by atoms with Crippen molar-refractivity contribution in [1.82, 2.24) is 0 Å². The zero-order valence-electron chi connectivity index (χ0n) is 10.4. The Kier molecular flexibility index (Phi) is 2.59. The van der Waals surface area contributed by atoms with E-state index in [9.17, 15) is 9.59 Å². The van der Waals surface area contributed by atoms with E-state index in [-0.39, 0.29) is 11.8 Å². The predicted molar refractivity (Wildman–Crippen MR) is 67.0 cm³/mol. The van der Waals surface area contributed by atoms with Crippen molar-refractivity contribution in [2.75, 3.05) is 17.3 Å². The summed E-state index contributed by atoms with van der Waals surface area (Å²) in [6, 6.07) is 6.85. The molecule has 5 nitrogen and oxygen atoms in total. The van der Waals surface area contributed by atoms with Gasteiger partial charge in [-0.25, -0.2) is 0 Å². The lowest BCUT2D eigenvalue weighted by atomic mass is 9.91. The topological polar surface area (TPSA) is 73.2 Å². The van der Waals surface area contributed by atoms with Gasteiger partial charge in [0, 0.05) is 7.05 Å². The van der Waals surface area contributed by atoms with E-state index in [1.165, 1.54) is 4.90 Å². The summed E-state index contributed by atoms with van der Waals surface area (Å²) in [7, 11) is 1.60. The molecule has 0 unspecified atom stereocenters. The minimum Gasteiger partial charge on any atom is -0.323 e. The van der Waals surface area contributed by atoms with Crippen LogP contribution in [0.25, 0.3) is 0 Å². The summed E-state index contributed by atoms with van der Waals surface area (Å²) in [5.41, 5.74) is 0.404. The fourth-order valence-corrected chi connectivity index (χ4v) is 1.89. The molecule has 1 aromatic carbocycles. The van der Waals surface area contributed by atoms with Crippen LogP contribution in [-0.2, 0) is 9.59 Å². The Bertz CT molecular complexity index is 584. The van der Waals surface area contributed by atoms with Crippen LogP contribution in [0.1, 0.15) is 19.4 Å². The number of nitriles is 1. The number of hydrogen-bond acceptors (Lipinski definition) is 3. The van der Waals surface area contributed by atoms with Gasteiger partial charge in [0.05, 0.1) is 23.0 Å². The van der Waals surface area contributed by atoms with Crippen LogP contribution in [0, 0.1) is 16.7 Å². The van der Waals surface area contributed by atoms with Crippen molar-refractivity contribution < 1.29 is 9.59 Å². The number of hydrogen-bond donors (Lipinski definition) is 1. The summed E-state index contributed by atoms with van der Waals surface area (Å²) in [5.74, 6) is -0.642. The van der Waals surface area contributed by atoms with Gasteiger partial charge in [-0.3, -0.25) is 9.59 Å². The molecule has 1 aliphatic rings. The van der Waals surface area contributed by atoms with Gasteiger partial charge < -0.3 is 10.2 Å². The summed E-state index contributed by atoms with van der Waals surface area (Å²) in [6.45, 7) is 3.16. The number of carbonyl (C=O) groups is 2. The molecule has 1 heterocycles. The Morgan fingerprint density at radius 1 is 1.33 bits per heavy atom. The Morgan fingerprint density at radius 2 is 2.00 bits per heavy atom. The fraction of sp³-hybridized carbons (Fsp3) is 0.308. The lowest BCUT2D eigenvalue weighted by molar-refractivity contribution is -0.136. The average Bonchev–Trinajstić information content (AvgIpc) is 2.41. The standard InChI is InChI=1S/C13H13N3O2/c1-13(2)11(17)15-9-5-4-8(7-14)6-10(9)16(3)12(13)18/h4-6H,1-3H3,(H,15,17). The molecule has 0 spiro atoms. The van der Waals surface area contributed by atoms with E-state index in [2.05, 4.69) is 5.32 Å². The molecule has 0 saturated heterocycles. The van der Waals surface area contributed by atoms with Crippen molar-refractivity contribution in [1.29, 1.82) is 5.26 Å². The van der Waals surface area contributed by atoms with E-state index in [0.29, 0.717) is 16.9 Å². The number of amides is 2. The molecule has 0 atom stereocenters. The molecule has 0 aliphatic carbocycles. The van der Waals surface area contributed by atoms with Crippen LogP contribution in [0.5, 0.6) is 0 Å². The van der Waals surface area contributed by atoms with Crippen molar-refractivity contribution in [3.63, 3.8) is 0 Å². The molecule has 92 valence electrons. The first-order chi connectivity index (χ1) is 8.37. The molecule has 0 aromatic heterocycles. The van der Waals surface area contributed by atoms with Gasteiger partial charge >= 0.3 is 0 Å². The Morgan fingerprint density at radius 3 is 2.61 bits per heavy atom. The van der Waals surface area contributed by atoms with Crippen LogP contribution in [0.2, 0.25) is 0 Å². The third-order valence-electron chi connectivity index (χ3n) is 3.14. The molecule has 1 N–H and O–H groups in total. The molecule has 0 fully saturated rings. The summed E-state index contributed by atoms with van der Waals surface area (Å²) in [6.07, 6.45) is 0. The number of fused-ring (bicyclic) bond motifs is 1. The van der Waals surface area contributed by atoms with Gasteiger partial charge in [0.1, 0.15) is 5.41 Å². The van der Waals surface area contributed by atoms with Gasteiger partial charge in [-0.1, -0.05) is 0 Å². The van der Waals surface area contributed by atoms with Gasteiger partial charge in [0.25, 0.3) is 0 Å². The highest BCUT2D eigenvalue weighted by Crippen LogP contribution is 2.34. The van der Waals surface area contributed by atoms with Crippen LogP contribution in [0.15, 0.2) is 18.2 Å². The Labute approximate surface area is 105 Å². The first-order valence-electron chi connectivity index (χ1n) is 5.51. The van der Waals surface area contributed by atoms with E-state index < -0.39 is 5.41 Å². The maximum absolute atomic E-state index is 12.2. The van der Waals surface area contributed by atoms with Crippen molar-refractivity contribution >= 4 is 23.2 Å². The van der Waals surface area contributed by atoms with Gasteiger partial charge in [-0.05, 0) is 32.0 Å². The van der Waals surface area contributed by atoms with Crippen LogP contribution in [-0.4, -0.2) is 18.9 Å². The predicted octanol–water partition coefficient (Wildman–Crippen LogP) is 1.50. The number of nitrogens with one attached hydrogen (secondary N) is 1. The summed E-state index contributed by atoms with van der Waals surface area (Å²) < 4.78 is 0. The van der Waals surface area contributed by atoms with Crippen LogP contribution in [0.4, 0.5) is 11.4 Å². The zero-order valence-corrected chi connectivity index (χ0v) is 10.4. The number of benzene rings is 1. The molecule has 1 aliphatic heterocycles. The molecule has 0 bridgehead atoms. The summed E-state index contributed by atoms with van der Waals surface area (Å²) in [4.78, 5) is 25.6. The van der Waals surface area contributed by atoms with Gasteiger partial charge in [-0.2, -0.15) is 5.26 Å². The molecule has 18 heavy (non-hydrogen) atoms. The molecule has 0 radical (unpaired) electrons. The fourth-order valence-electron chi connectivity index (χ4n) is 1.89. The molecular formula is C13H13N3O2. The van der Waals surface area contributed by atoms with Crippen molar-refractivity contribution in [3.05, 3.63) is 23.8 Å². The van der Waals surface area contributed by atoms with Gasteiger partial charge in [0.2, 0.25) is 11.8 Å². The monoisotopic (exact) mass is 243 g/mol. The van der Waals surface area contributed by atoms with Crippen LogP contribution < -0.4 is 10.2 Å². The number of carbonyl (C=O) groups excluding carboxylic acids is 2. The third-order valence-corrected chi connectivity index (χ3v) is 3.14. The van der Waals surface area contributed by atoms with Gasteiger partial charge in [0.15, 0.2) is 0 Å². The smallest absolute Gasteiger partial charge is 0.241 e. The minimum absolute atomic E-state index is 0.297.